The quantitative estimate of drug-likeness (QED) is 0.347. The Kier molecular flexibility index (Phi) is 2.10. The summed E-state index contributed by atoms with van der Waals surface area (Å²) in [6.07, 6.45) is 0.649. The fraction of sp³-hybridized carbons (Fsp3) is 0.250. The molecule has 1 aliphatic rings. The van der Waals surface area contributed by atoms with E-state index in [-0.39, 0.29) is 4.90 Å². The molecule has 0 radical (unpaired) electrons. The average Bonchev–Trinajstić information content (AvgIpc) is 2.83. The highest BCUT2D eigenvalue weighted by Gasteiger charge is 2.70. The number of hydroxylamine groups is 1. The van der Waals surface area contributed by atoms with E-state index in [0.717, 1.165) is 0 Å². The van der Waals surface area contributed by atoms with Crippen molar-refractivity contribution in [3.63, 3.8) is 0 Å². The number of nitro groups is 2. The third kappa shape index (κ3) is 1.26. The minimum atomic E-state index is -2.76. The Hall–Kier alpha value is -2.83. The van der Waals surface area contributed by atoms with Crippen molar-refractivity contribution in [1.82, 2.24) is 10.6 Å². The van der Waals surface area contributed by atoms with Crippen molar-refractivity contribution in [3.8, 4) is 0 Å². The van der Waals surface area contributed by atoms with E-state index in [1.807, 2.05) is 0 Å². The topological polar surface area (TPSA) is 173 Å². The van der Waals surface area contributed by atoms with Crippen LogP contribution in [-0.2, 0) is 10.6 Å². The van der Waals surface area contributed by atoms with Crippen LogP contribution < -0.4 is 10.4 Å². The van der Waals surface area contributed by atoms with Gasteiger partial charge in [-0.25, -0.2) is 0 Å². The molecule has 1 aromatic rings. The Morgan fingerprint density at radius 1 is 1.47 bits per heavy atom. The lowest BCUT2D eigenvalue weighted by Crippen LogP contribution is -2.58. The molecule has 13 heteroatoms. The Bertz CT molecular complexity index is 522. The Balaban J connectivity index is 2.64. The first-order chi connectivity index (χ1) is 8.00. The molecule has 90 valence electrons. The molecule has 0 fully saturated rings. The third-order valence-electron chi connectivity index (χ3n) is 1.96. The molecule has 0 spiro atoms. The van der Waals surface area contributed by atoms with Crippen LogP contribution in [0, 0.1) is 25.4 Å². The maximum Gasteiger partial charge on any atom is 0.494 e. The standard InChI is InChI=1S/C4H2N6O7/c11-8(12)3-4(10(14)15,7-16-6-3)2-1-5-17-9(2)13/h1,7H. The van der Waals surface area contributed by atoms with Crippen molar-refractivity contribution in [2.24, 2.45) is 5.16 Å². The van der Waals surface area contributed by atoms with Crippen LogP contribution in [0.3, 0.4) is 0 Å². The Morgan fingerprint density at radius 2 is 2.18 bits per heavy atom. The van der Waals surface area contributed by atoms with Crippen LogP contribution in [0.15, 0.2) is 16.0 Å². The van der Waals surface area contributed by atoms with Gasteiger partial charge in [0.15, 0.2) is 5.16 Å². The van der Waals surface area contributed by atoms with Crippen molar-refractivity contribution in [3.05, 3.63) is 37.3 Å². The van der Waals surface area contributed by atoms with Crippen molar-refractivity contribution in [1.29, 1.82) is 0 Å². The second kappa shape index (κ2) is 3.34. The number of nitrogens with one attached hydrogen (secondary N) is 1. The molecule has 1 unspecified atom stereocenters. The van der Waals surface area contributed by atoms with Crippen LogP contribution in [0.1, 0.15) is 5.69 Å². The molecule has 0 bridgehead atoms. The summed E-state index contributed by atoms with van der Waals surface area (Å²) < 4.78 is 4.01. The molecule has 0 aliphatic carbocycles. The Morgan fingerprint density at radius 3 is 2.65 bits per heavy atom. The molecule has 1 N–H and O–H groups in total. The van der Waals surface area contributed by atoms with E-state index < -0.39 is 27.0 Å². The monoisotopic (exact) mass is 246 g/mol. The zero-order chi connectivity index (χ0) is 12.6. The minimum Gasteiger partial charge on any atom is -0.359 e. The van der Waals surface area contributed by atoms with Gasteiger partial charge in [0, 0.05) is 5.16 Å². The summed E-state index contributed by atoms with van der Waals surface area (Å²) >= 11 is 0. The predicted molar refractivity (Wildman–Crippen MR) is 42.8 cm³/mol. The summed E-state index contributed by atoms with van der Waals surface area (Å²) in [5, 5.41) is 38.5. The summed E-state index contributed by atoms with van der Waals surface area (Å²) in [4.78, 5) is 23.0. The first kappa shape index (κ1) is 10.7. The van der Waals surface area contributed by atoms with Gasteiger partial charge in [0.1, 0.15) is 0 Å². The zero-order valence-corrected chi connectivity index (χ0v) is 7.67. The molecule has 1 aromatic heterocycles. The number of amidine groups is 1. The number of oxime groups is 1. The zero-order valence-electron chi connectivity index (χ0n) is 7.67. The van der Waals surface area contributed by atoms with Crippen LogP contribution in [-0.4, -0.2) is 20.8 Å². The van der Waals surface area contributed by atoms with Crippen molar-refractivity contribution < 1.29 is 24.3 Å². The molecule has 0 saturated heterocycles. The van der Waals surface area contributed by atoms with Gasteiger partial charge in [0.2, 0.25) is 6.20 Å². The van der Waals surface area contributed by atoms with Crippen molar-refractivity contribution in [2.75, 3.05) is 0 Å². The average molecular weight is 246 g/mol. The second-order valence-corrected chi connectivity index (χ2v) is 2.79. The van der Waals surface area contributed by atoms with E-state index >= 15 is 0 Å². The SMILES string of the molecule is O=[N+]([O-])C1=NONC1(c1cno[n+]1[O-])[N+](=O)[O-]. The van der Waals surface area contributed by atoms with Gasteiger partial charge in [0.05, 0.1) is 4.92 Å². The van der Waals surface area contributed by atoms with E-state index in [4.69, 9.17) is 0 Å². The molecule has 0 aromatic carbocycles. The van der Waals surface area contributed by atoms with Gasteiger partial charge in [-0.15, -0.1) is 0 Å². The maximum atomic E-state index is 11.1. The highest BCUT2D eigenvalue weighted by atomic mass is 16.8. The van der Waals surface area contributed by atoms with Gasteiger partial charge in [-0.05, 0) is 15.3 Å². The van der Waals surface area contributed by atoms with Crippen LogP contribution in [0.2, 0.25) is 0 Å². The third-order valence-corrected chi connectivity index (χ3v) is 1.96. The van der Waals surface area contributed by atoms with Gasteiger partial charge < -0.3 is 15.3 Å². The van der Waals surface area contributed by atoms with E-state index in [9.17, 15) is 25.4 Å². The molecule has 0 amide bonds. The number of hydrogen-bond donors (Lipinski definition) is 1. The fourth-order valence-corrected chi connectivity index (χ4v) is 1.22. The highest BCUT2D eigenvalue weighted by molar-refractivity contribution is 5.83. The minimum absolute atomic E-state index is 0.358. The number of nitrogens with zero attached hydrogens (tertiary/aromatic N) is 5. The van der Waals surface area contributed by atoms with Crippen LogP contribution in [0.5, 0.6) is 0 Å². The van der Waals surface area contributed by atoms with Crippen LogP contribution in [0.4, 0.5) is 0 Å². The van der Waals surface area contributed by atoms with E-state index in [0.29, 0.717) is 6.20 Å². The lowest BCUT2D eigenvalue weighted by Gasteiger charge is -2.10. The summed E-state index contributed by atoms with van der Waals surface area (Å²) in [5.41, 5.74) is -1.86. The summed E-state index contributed by atoms with van der Waals surface area (Å²) in [6.45, 7) is 0. The smallest absolute Gasteiger partial charge is 0.359 e. The van der Waals surface area contributed by atoms with E-state index in [1.165, 1.54) is 0 Å². The number of hydrogen-bond acceptors (Lipinski definition) is 10. The number of aromatic nitrogens is 2. The van der Waals surface area contributed by atoms with Gasteiger partial charge in [-0.2, -0.15) is 4.94 Å². The molecule has 1 aliphatic heterocycles. The fourth-order valence-electron chi connectivity index (χ4n) is 1.22. The summed E-state index contributed by atoms with van der Waals surface area (Å²) in [5.74, 6) is -1.21. The molecule has 17 heavy (non-hydrogen) atoms. The molecule has 1 atom stereocenters. The predicted octanol–water partition coefficient (Wildman–Crippen LogP) is -2.14. The largest absolute Gasteiger partial charge is 0.494 e. The normalized spacial score (nSPS) is 22.9. The molecule has 2 rings (SSSR count). The summed E-state index contributed by atoms with van der Waals surface area (Å²) in [7, 11) is 0. The summed E-state index contributed by atoms with van der Waals surface area (Å²) in [6, 6.07) is 0. The molecular formula is C4H2N6O7. The first-order valence-electron chi connectivity index (χ1n) is 3.86. The van der Waals surface area contributed by atoms with Gasteiger partial charge >= 0.3 is 17.2 Å². The number of rotatable bonds is 2. The lowest BCUT2D eigenvalue weighted by molar-refractivity contribution is -0.821. The van der Waals surface area contributed by atoms with E-state index in [1.54, 1.807) is 5.48 Å². The van der Waals surface area contributed by atoms with Crippen LogP contribution in [0.25, 0.3) is 0 Å². The van der Waals surface area contributed by atoms with Gasteiger partial charge in [-0.1, -0.05) is 0 Å². The van der Waals surface area contributed by atoms with Gasteiger partial charge in [0.25, 0.3) is 0 Å². The molecule has 13 nitrogen and oxygen atoms in total. The van der Waals surface area contributed by atoms with Crippen LogP contribution >= 0.6 is 0 Å². The highest BCUT2D eigenvalue weighted by Crippen LogP contribution is 2.25. The molecular weight excluding hydrogens is 244 g/mol. The maximum absolute atomic E-state index is 11.1. The Labute approximate surface area is 90.0 Å². The lowest BCUT2D eigenvalue weighted by atomic mass is 10.1. The van der Waals surface area contributed by atoms with Crippen molar-refractivity contribution in [2.45, 2.75) is 5.66 Å². The van der Waals surface area contributed by atoms with Gasteiger partial charge in [-0.3, -0.25) is 14.7 Å². The molecule has 0 saturated carbocycles. The van der Waals surface area contributed by atoms with E-state index in [2.05, 4.69) is 19.9 Å². The first-order valence-corrected chi connectivity index (χ1v) is 3.86. The second-order valence-electron chi connectivity index (χ2n) is 2.79. The molecule has 2 heterocycles. The van der Waals surface area contributed by atoms with Crippen molar-refractivity contribution >= 4 is 5.84 Å².